The second-order valence-corrected chi connectivity index (χ2v) is 8.57. The zero-order valence-electron chi connectivity index (χ0n) is 19.6. The lowest BCUT2D eigenvalue weighted by Crippen LogP contribution is -2.53. The van der Waals surface area contributed by atoms with Gasteiger partial charge in [0.25, 0.3) is 5.91 Å². The van der Waals surface area contributed by atoms with Gasteiger partial charge in [0.15, 0.2) is 0 Å². The summed E-state index contributed by atoms with van der Waals surface area (Å²) in [7, 11) is 0. The number of aliphatic hydroxyl groups excluding tert-OH is 1. The third kappa shape index (κ3) is 8.05. The van der Waals surface area contributed by atoms with Crippen molar-refractivity contribution in [1.82, 2.24) is 20.9 Å². The van der Waals surface area contributed by atoms with Crippen LogP contribution < -0.4 is 20.7 Å². The van der Waals surface area contributed by atoms with E-state index in [1.54, 1.807) is 18.2 Å². The van der Waals surface area contributed by atoms with Crippen molar-refractivity contribution in [3.63, 3.8) is 0 Å². The maximum atomic E-state index is 12.7. The van der Waals surface area contributed by atoms with Crippen LogP contribution in [-0.2, 0) is 14.4 Å². The first kappa shape index (κ1) is 26.1. The van der Waals surface area contributed by atoms with Crippen LogP contribution in [0.5, 0.6) is 5.75 Å². The van der Waals surface area contributed by atoms with Crippen molar-refractivity contribution in [2.75, 3.05) is 32.8 Å². The smallest absolute Gasteiger partial charge is 0.252 e. The molecule has 1 aromatic rings. The normalized spacial score (nSPS) is 19.6. The van der Waals surface area contributed by atoms with Gasteiger partial charge in [-0.05, 0) is 37.5 Å². The predicted molar refractivity (Wildman–Crippen MR) is 122 cm³/mol. The number of aryl methyl sites for hydroxylation is 1. The van der Waals surface area contributed by atoms with Crippen LogP contribution in [0.3, 0.4) is 0 Å². The Morgan fingerprint density at radius 1 is 1.18 bits per heavy atom. The molecular weight excluding hydrogens is 428 g/mol. The van der Waals surface area contributed by atoms with Gasteiger partial charge >= 0.3 is 0 Å². The van der Waals surface area contributed by atoms with E-state index in [4.69, 9.17) is 4.74 Å². The molecule has 2 rings (SSSR count). The minimum atomic E-state index is -1.19. The number of hydrogen-bond donors (Lipinski definition) is 4. The number of fused-ring (bicyclic) bond motifs is 2. The van der Waals surface area contributed by atoms with E-state index >= 15 is 0 Å². The minimum absolute atomic E-state index is 0.0623. The molecule has 0 aromatic heterocycles. The van der Waals surface area contributed by atoms with Gasteiger partial charge in [-0.2, -0.15) is 0 Å². The average molecular weight is 463 g/mol. The van der Waals surface area contributed by atoms with E-state index < -0.39 is 24.0 Å². The average Bonchev–Trinajstić information content (AvgIpc) is 2.73. The van der Waals surface area contributed by atoms with E-state index in [9.17, 15) is 24.3 Å². The number of aliphatic hydroxyl groups is 1. The SMILES string of the molecule is Cc1ccc2cc1OCCNC(=O)CN(C(=O)CC(C)C)CCNC(=O)[C@H]([C@@H](C)O)NC2=O. The highest BCUT2D eigenvalue weighted by Gasteiger charge is 2.27. The molecule has 0 radical (unpaired) electrons. The summed E-state index contributed by atoms with van der Waals surface area (Å²) in [6.45, 7) is 7.46. The van der Waals surface area contributed by atoms with Gasteiger partial charge in [-0.1, -0.05) is 19.9 Å². The number of nitrogens with one attached hydrogen (secondary N) is 3. The number of rotatable bonds is 3. The Bertz CT molecular complexity index is 871. The van der Waals surface area contributed by atoms with Gasteiger partial charge in [0.05, 0.1) is 19.2 Å². The first-order valence-corrected chi connectivity index (χ1v) is 11.1. The summed E-state index contributed by atoms with van der Waals surface area (Å²) in [4.78, 5) is 51.7. The molecule has 1 aliphatic heterocycles. The molecule has 1 aliphatic rings. The zero-order chi connectivity index (χ0) is 24.5. The van der Waals surface area contributed by atoms with Gasteiger partial charge in [-0.25, -0.2) is 0 Å². The zero-order valence-corrected chi connectivity index (χ0v) is 19.6. The van der Waals surface area contributed by atoms with Crippen molar-refractivity contribution < 1.29 is 29.0 Å². The molecule has 0 saturated carbocycles. The molecule has 33 heavy (non-hydrogen) atoms. The fourth-order valence-electron chi connectivity index (χ4n) is 3.30. The van der Waals surface area contributed by atoms with E-state index in [0.29, 0.717) is 5.75 Å². The number of benzene rings is 1. The predicted octanol–water partition coefficient (Wildman–Crippen LogP) is -0.0263. The third-order valence-corrected chi connectivity index (χ3v) is 5.13. The molecule has 182 valence electrons. The van der Waals surface area contributed by atoms with Crippen molar-refractivity contribution in [3.8, 4) is 5.75 Å². The summed E-state index contributed by atoms with van der Waals surface area (Å²) in [5.41, 5.74) is 1.07. The lowest BCUT2D eigenvalue weighted by molar-refractivity contribution is -0.137. The standard InChI is InChI=1S/C23H34N4O6/c1-14(2)11-20(30)27-9-7-25-23(32)21(16(4)28)26-22(31)17-6-5-15(3)18(12-17)33-10-8-24-19(29)13-27/h5-6,12,14,16,21,28H,7-11,13H2,1-4H3,(H,24,29)(H,25,32)(H,26,31)/t16-,21+/m1/s1. The number of ether oxygens (including phenoxy) is 1. The van der Waals surface area contributed by atoms with E-state index in [0.717, 1.165) is 5.56 Å². The van der Waals surface area contributed by atoms with Gasteiger partial charge in [0.2, 0.25) is 17.7 Å². The number of hydrogen-bond acceptors (Lipinski definition) is 6. The first-order chi connectivity index (χ1) is 15.6. The lowest BCUT2D eigenvalue weighted by atomic mass is 10.1. The van der Waals surface area contributed by atoms with Crippen LogP contribution in [0.15, 0.2) is 18.2 Å². The molecule has 0 saturated heterocycles. The highest BCUT2D eigenvalue weighted by Crippen LogP contribution is 2.20. The highest BCUT2D eigenvalue weighted by molar-refractivity contribution is 5.98. The number of amides is 4. The van der Waals surface area contributed by atoms with Crippen molar-refractivity contribution >= 4 is 23.6 Å². The Balaban J connectivity index is 2.25. The molecule has 0 unspecified atom stereocenters. The van der Waals surface area contributed by atoms with E-state index in [-0.39, 0.29) is 62.5 Å². The van der Waals surface area contributed by atoms with Gasteiger partial charge in [0, 0.05) is 25.1 Å². The van der Waals surface area contributed by atoms with Crippen molar-refractivity contribution in [2.45, 2.75) is 46.3 Å². The molecule has 0 spiro atoms. The fraction of sp³-hybridized carbons (Fsp3) is 0.565. The maximum absolute atomic E-state index is 12.7. The van der Waals surface area contributed by atoms with Crippen LogP contribution in [0.4, 0.5) is 0 Å². The molecule has 4 N–H and O–H groups in total. The summed E-state index contributed by atoms with van der Waals surface area (Å²) in [6, 6.07) is 3.67. The quantitative estimate of drug-likeness (QED) is 0.498. The monoisotopic (exact) mass is 462 g/mol. The third-order valence-electron chi connectivity index (χ3n) is 5.13. The van der Waals surface area contributed by atoms with Crippen molar-refractivity contribution in [1.29, 1.82) is 0 Å². The summed E-state index contributed by atoms with van der Waals surface area (Å²) >= 11 is 0. The van der Waals surface area contributed by atoms with Crippen molar-refractivity contribution in [3.05, 3.63) is 29.3 Å². The molecule has 10 nitrogen and oxygen atoms in total. The Morgan fingerprint density at radius 3 is 2.58 bits per heavy atom. The Morgan fingerprint density at radius 2 is 1.91 bits per heavy atom. The topological polar surface area (TPSA) is 137 Å². The van der Waals surface area contributed by atoms with Crippen LogP contribution in [-0.4, -0.2) is 78.6 Å². The van der Waals surface area contributed by atoms with Crippen LogP contribution >= 0.6 is 0 Å². The molecule has 4 amide bonds. The van der Waals surface area contributed by atoms with E-state index in [1.165, 1.54) is 11.8 Å². The highest BCUT2D eigenvalue weighted by atomic mass is 16.5. The molecule has 10 heteroatoms. The van der Waals surface area contributed by atoms with E-state index in [1.807, 2.05) is 20.8 Å². The molecular formula is C23H34N4O6. The maximum Gasteiger partial charge on any atom is 0.252 e. The van der Waals surface area contributed by atoms with Gasteiger partial charge in [-0.3, -0.25) is 19.2 Å². The Labute approximate surface area is 194 Å². The van der Waals surface area contributed by atoms with Crippen LogP contribution in [0.25, 0.3) is 0 Å². The molecule has 0 fully saturated rings. The first-order valence-electron chi connectivity index (χ1n) is 11.1. The second-order valence-electron chi connectivity index (χ2n) is 8.57. The summed E-state index contributed by atoms with van der Waals surface area (Å²) in [5.74, 6) is -1.08. The van der Waals surface area contributed by atoms with Crippen LogP contribution in [0.2, 0.25) is 0 Å². The van der Waals surface area contributed by atoms with Gasteiger partial charge in [-0.15, -0.1) is 0 Å². The molecule has 2 atom stereocenters. The summed E-state index contributed by atoms with van der Waals surface area (Å²) in [6.07, 6.45) is -0.882. The largest absolute Gasteiger partial charge is 0.491 e. The fourth-order valence-corrected chi connectivity index (χ4v) is 3.30. The Kier molecular flexibility index (Phi) is 9.65. The molecule has 1 heterocycles. The van der Waals surface area contributed by atoms with Gasteiger partial charge < -0.3 is 30.7 Å². The van der Waals surface area contributed by atoms with E-state index in [2.05, 4.69) is 16.0 Å². The van der Waals surface area contributed by atoms with Crippen LogP contribution in [0.1, 0.15) is 43.1 Å². The van der Waals surface area contributed by atoms with Crippen molar-refractivity contribution in [2.24, 2.45) is 5.92 Å². The minimum Gasteiger partial charge on any atom is -0.491 e. The number of carbonyl (C=O) groups excluding carboxylic acids is 4. The number of nitrogens with zero attached hydrogens (tertiary/aromatic N) is 1. The van der Waals surface area contributed by atoms with Gasteiger partial charge in [0.1, 0.15) is 18.4 Å². The molecule has 2 bridgehead atoms. The number of carbonyl (C=O) groups is 4. The summed E-state index contributed by atoms with van der Waals surface area (Å²) in [5, 5.41) is 18.0. The Hall–Kier alpha value is -3.14. The molecule has 1 aromatic carbocycles. The van der Waals surface area contributed by atoms with Crippen LogP contribution in [0, 0.1) is 12.8 Å². The molecule has 0 aliphatic carbocycles. The lowest BCUT2D eigenvalue weighted by Gasteiger charge is -2.25. The summed E-state index contributed by atoms with van der Waals surface area (Å²) < 4.78 is 5.72. The second kappa shape index (κ2) is 12.2.